The quantitative estimate of drug-likeness (QED) is 0.774. The van der Waals surface area contributed by atoms with Gasteiger partial charge in [-0.1, -0.05) is 11.6 Å². The number of aryl methyl sites for hydroxylation is 1. The summed E-state index contributed by atoms with van der Waals surface area (Å²) < 4.78 is 1.79. The summed E-state index contributed by atoms with van der Waals surface area (Å²) >= 11 is 5.81. The maximum absolute atomic E-state index is 11.5. The van der Waals surface area contributed by atoms with Crippen LogP contribution in [0.2, 0.25) is 5.02 Å². The van der Waals surface area contributed by atoms with Crippen molar-refractivity contribution in [2.75, 3.05) is 0 Å². The van der Waals surface area contributed by atoms with Crippen molar-refractivity contribution >= 4 is 11.6 Å². The first-order valence-electron chi connectivity index (χ1n) is 5.01. The van der Waals surface area contributed by atoms with Gasteiger partial charge in [-0.15, -0.1) is 0 Å². The number of rotatable bonds is 1. The molecule has 0 N–H and O–H groups in total. The van der Waals surface area contributed by atoms with Crippen molar-refractivity contribution in [1.29, 1.82) is 5.26 Å². The maximum atomic E-state index is 11.5. The first-order valence-corrected chi connectivity index (χ1v) is 5.39. The SMILES string of the molecule is Cc1cc(=O)c(C#N)cn1-c1ccc(Cl)cc1. The van der Waals surface area contributed by atoms with Gasteiger partial charge in [-0.25, -0.2) is 0 Å². The number of hydrogen-bond acceptors (Lipinski definition) is 2. The molecule has 0 amide bonds. The van der Waals surface area contributed by atoms with E-state index in [0.717, 1.165) is 11.4 Å². The molecule has 0 aliphatic carbocycles. The van der Waals surface area contributed by atoms with Crippen molar-refractivity contribution in [3.8, 4) is 11.8 Å². The van der Waals surface area contributed by atoms with Crippen LogP contribution in [0.4, 0.5) is 0 Å². The zero-order chi connectivity index (χ0) is 12.4. The lowest BCUT2D eigenvalue weighted by molar-refractivity contribution is 0.968. The van der Waals surface area contributed by atoms with Gasteiger partial charge in [-0.3, -0.25) is 4.79 Å². The molecule has 2 aromatic rings. The summed E-state index contributed by atoms with van der Waals surface area (Å²) in [6.07, 6.45) is 1.54. The summed E-state index contributed by atoms with van der Waals surface area (Å²) in [7, 11) is 0. The van der Waals surface area contributed by atoms with Gasteiger partial charge in [0.25, 0.3) is 0 Å². The number of benzene rings is 1. The largest absolute Gasteiger partial charge is 0.320 e. The fourth-order valence-corrected chi connectivity index (χ4v) is 1.72. The van der Waals surface area contributed by atoms with Crippen molar-refractivity contribution in [1.82, 2.24) is 4.57 Å². The molecule has 0 saturated carbocycles. The highest BCUT2D eigenvalue weighted by atomic mass is 35.5. The molecule has 0 spiro atoms. The first-order chi connectivity index (χ1) is 8.11. The third kappa shape index (κ3) is 2.22. The third-order valence-corrected chi connectivity index (χ3v) is 2.72. The molecular formula is C13H9ClN2O. The monoisotopic (exact) mass is 244 g/mol. The predicted molar refractivity (Wildman–Crippen MR) is 66.5 cm³/mol. The average Bonchev–Trinajstić information content (AvgIpc) is 2.31. The Morgan fingerprint density at radius 3 is 2.53 bits per heavy atom. The number of pyridine rings is 1. The van der Waals surface area contributed by atoms with Gasteiger partial charge in [0.05, 0.1) is 0 Å². The molecule has 17 heavy (non-hydrogen) atoms. The Morgan fingerprint density at radius 1 is 1.29 bits per heavy atom. The third-order valence-electron chi connectivity index (χ3n) is 2.47. The molecule has 2 rings (SSSR count). The van der Waals surface area contributed by atoms with Gasteiger partial charge in [0, 0.05) is 28.7 Å². The highest BCUT2D eigenvalue weighted by molar-refractivity contribution is 6.30. The van der Waals surface area contributed by atoms with E-state index in [2.05, 4.69) is 0 Å². The molecule has 0 radical (unpaired) electrons. The fraction of sp³-hybridized carbons (Fsp3) is 0.0769. The number of nitrogens with zero attached hydrogens (tertiary/aromatic N) is 2. The van der Waals surface area contributed by atoms with Crippen LogP contribution in [0.3, 0.4) is 0 Å². The predicted octanol–water partition coefficient (Wildman–Crippen LogP) is 2.67. The molecule has 84 valence electrons. The second-order valence-corrected chi connectivity index (χ2v) is 4.09. The van der Waals surface area contributed by atoms with Gasteiger partial charge < -0.3 is 4.57 Å². The molecule has 0 aliphatic rings. The maximum Gasteiger partial charge on any atom is 0.199 e. The molecule has 0 saturated heterocycles. The van der Waals surface area contributed by atoms with Crippen LogP contribution < -0.4 is 5.43 Å². The second kappa shape index (κ2) is 4.44. The Labute approximate surface area is 104 Å². The normalized spacial score (nSPS) is 9.94. The highest BCUT2D eigenvalue weighted by Crippen LogP contribution is 2.14. The van der Waals surface area contributed by atoms with Crippen LogP contribution in [0.5, 0.6) is 0 Å². The molecule has 0 fully saturated rings. The number of hydrogen-bond donors (Lipinski definition) is 0. The van der Waals surface area contributed by atoms with E-state index in [1.807, 2.05) is 25.1 Å². The number of halogens is 1. The van der Waals surface area contributed by atoms with Gasteiger partial charge >= 0.3 is 0 Å². The van der Waals surface area contributed by atoms with E-state index in [4.69, 9.17) is 16.9 Å². The Balaban J connectivity index is 2.64. The van der Waals surface area contributed by atoms with E-state index >= 15 is 0 Å². The van der Waals surface area contributed by atoms with Crippen LogP contribution in [-0.4, -0.2) is 4.57 Å². The van der Waals surface area contributed by atoms with Gasteiger partial charge in [0.15, 0.2) is 5.43 Å². The highest BCUT2D eigenvalue weighted by Gasteiger charge is 2.04. The van der Waals surface area contributed by atoms with Crippen molar-refractivity contribution in [2.45, 2.75) is 6.92 Å². The minimum absolute atomic E-state index is 0.130. The Bertz CT molecular complexity index is 651. The second-order valence-electron chi connectivity index (χ2n) is 3.65. The number of nitriles is 1. The topological polar surface area (TPSA) is 45.8 Å². The van der Waals surface area contributed by atoms with Crippen molar-refractivity contribution in [3.05, 3.63) is 63.0 Å². The molecule has 0 aliphatic heterocycles. The van der Waals surface area contributed by atoms with Crippen LogP contribution in [0, 0.1) is 18.3 Å². The molecule has 3 nitrogen and oxygen atoms in total. The summed E-state index contributed by atoms with van der Waals surface area (Å²) in [4.78, 5) is 11.5. The Morgan fingerprint density at radius 2 is 1.94 bits per heavy atom. The molecule has 1 aromatic carbocycles. The van der Waals surface area contributed by atoms with Crippen molar-refractivity contribution in [2.24, 2.45) is 0 Å². The molecule has 0 atom stereocenters. The van der Waals surface area contributed by atoms with E-state index in [1.165, 1.54) is 6.07 Å². The van der Waals surface area contributed by atoms with Crippen LogP contribution in [0.25, 0.3) is 5.69 Å². The summed E-state index contributed by atoms with van der Waals surface area (Å²) in [6.45, 7) is 1.82. The van der Waals surface area contributed by atoms with Gasteiger partial charge in [0.2, 0.25) is 0 Å². The zero-order valence-corrected chi connectivity index (χ0v) is 9.90. The summed E-state index contributed by atoms with van der Waals surface area (Å²) in [6, 6.07) is 10.5. The van der Waals surface area contributed by atoms with Crippen molar-refractivity contribution in [3.63, 3.8) is 0 Å². The van der Waals surface area contributed by atoms with Crippen molar-refractivity contribution < 1.29 is 0 Å². The van der Waals surface area contributed by atoms with Gasteiger partial charge in [0.1, 0.15) is 11.6 Å². The van der Waals surface area contributed by atoms with E-state index in [0.29, 0.717) is 5.02 Å². The van der Waals surface area contributed by atoms with E-state index < -0.39 is 0 Å². The summed E-state index contributed by atoms with van der Waals surface area (Å²) in [5, 5.41) is 9.49. The molecule has 4 heteroatoms. The molecule has 0 bridgehead atoms. The molecular weight excluding hydrogens is 236 g/mol. The first kappa shape index (κ1) is 11.4. The van der Waals surface area contributed by atoms with E-state index in [-0.39, 0.29) is 11.0 Å². The molecule has 1 aromatic heterocycles. The summed E-state index contributed by atoms with van der Waals surface area (Å²) in [5.41, 5.74) is 1.51. The lowest BCUT2D eigenvalue weighted by Crippen LogP contribution is -2.11. The van der Waals surface area contributed by atoms with E-state index in [1.54, 1.807) is 22.9 Å². The lowest BCUT2D eigenvalue weighted by atomic mass is 10.2. The minimum atomic E-state index is -0.254. The molecule has 1 heterocycles. The Kier molecular flexibility index (Phi) is 2.99. The van der Waals surface area contributed by atoms with Crippen LogP contribution in [-0.2, 0) is 0 Å². The number of aromatic nitrogens is 1. The van der Waals surface area contributed by atoms with Gasteiger partial charge in [-0.2, -0.15) is 5.26 Å². The zero-order valence-electron chi connectivity index (χ0n) is 9.14. The van der Waals surface area contributed by atoms with E-state index in [9.17, 15) is 4.79 Å². The average molecular weight is 245 g/mol. The van der Waals surface area contributed by atoms with Crippen LogP contribution >= 0.6 is 11.6 Å². The smallest absolute Gasteiger partial charge is 0.199 e. The fourth-order valence-electron chi connectivity index (χ4n) is 1.60. The minimum Gasteiger partial charge on any atom is -0.320 e. The standard InChI is InChI=1S/C13H9ClN2O/c1-9-6-13(17)10(7-15)8-16(9)12-4-2-11(14)3-5-12/h2-6,8H,1H3. The van der Waals surface area contributed by atoms with Gasteiger partial charge in [-0.05, 0) is 31.2 Å². The Hall–Kier alpha value is -2.05. The molecule has 0 unspecified atom stereocenters. The lowest BCUT2D eigenvalue weighted by Gasteiger charge is -2.10. The van der Waals surface area contributed by atoms with Crippen LogP contribution in [0.1, 0.15) is 11.3 Å². The summed E-state index contributed by atoms with van der Waals surface area (Å²) in [5.74, 6) is 0. The van der Waals surface area contributed by atoms with Crippen LogP contribution in [0.15, 0.2) is 41.3 Å².